The highest BCUT2D eigenvalue weighted by Crippen LogP contribution is 2.13. The summed E-state index contributed by atoms with van der Waals surface area (Å²) in [7, 11) is 0. The third-order valence-corrected chi connectivity index (χ3v) is 3.90. The molecule has 0 aromatic carbocycles. The number of nitrogens with one attached hydrogen (secondary N) is 1. The lowest BCUT2D eigenvalue weighted by molar-refractivity contribution is 0.0692. The Balaban J connectivity index is 0.00000109. The molecule has 6 heteroatoms. The number of pyridine rings is 2. The second-order valence-corrected chi connectivity index (χ2v) is 5.47. The number of amides is 2. The number of rotatable bonds is 3. The van der Waals surface area contributed by atoms with Gasteiger partial charge in [0.15, 0.2) is 0 Å². The normalized spacial score (nSPS) is 14.2. The second kappa shape index (κ2) is 9.52. The molecular formula is C19H24N4O2. The number of hydrogen-bond donors (Lipinski definition) is 1. The first-order valence-corrected chi connectivity index (χ1v) is 8.66. The molecule has 1 aliphatic rings. The van der Waals surface area contributed by atoms with Gasteiger partial charge in [-0.3, -0.25) is 19.6 Å². The molecule has 0 atom stereocenters. The van der Waals surface area contributed by atoms with Crippen molar-refractivity contribution in [3.63, 3.8) is 0 Å². The van der Waals surface area contributed by atoms with E-state index in [0.717, 1.165) is 12.8 Å². The minimum atomic E-state index is -0.167. The molecule has 1 N–H and O–H groups in total. The van der Waals surface area contributed by atoms with E-state index in [1.807, 2.05) is 13.8 Å². The lowest BCUT2D eigenvalue weighted by Crippen LogP contribution is -2.46. The highest BCUT2D eigenvalue weighted by molar-refractivity contribution is 5.93. The van der Waals surface area contributed by atoms with Crippen molar-refractivity contribution in [2.45, 2.75) is 32.7 Å². The molecule has 0 saturated carbocycles. The molecule has 6 nitrogen and oxygen atoms in total. The average molecular weight is 340 g/mol. The van der Waals surface area contributed by atoms with Gasteiger partial charge in [-0.25, -0.2) is 0 Å². The van der Waals surface area contributed by atoms with Crippen molar-refractivity contribution in [1.82, 2.24) is 20.2 Å². The lowest BCUT2D eigenvalue weighted by Gasteiger charge is -2.32. The fraction of sp³-hybridized carbons (Fsp3) is 0.368. The first kappa shape index (κ1) is 18.6. The highest BCUT2D eigenvalue weighted by Gasteiger charge is 2.25. The van der Waals surface area contributed by atoms with Gasteiger partial charge in [-0.05, 0) is 37.1 Å². The van der Waals surface area contributed by atoms with Crippen molar-refractivity contribution >= 4 is 11.8 Å². The molecular weight excluding hydrogens is 316 g/mol. The fourth-order valence-corrected chi connectivity index (χ4v) is 2.63. The predicted molar refractivity (Wildman–Crippen MR) is 96.2 cm³/mol. The molecule has 0 unspecified atom stereocenters. The molecule has 2 aromatic rings. The number of carbonyl (C=O) groups is 2. The van der Waals surface area contributed by atoms with E-state index < -0.39 is 0 Å². The van der Waals surface area contributed by atoms with E-state index in [0.29, 0.717) is 24.5 Å². The Morgan fingerprint density at radius 3 is 2.04 bits per heavy atom. The minimum Gasteiger partial charge on any atom is -0.348 e. The van der Waals surface area contributed by atoms with Gasteiger partial charge in [0, 0.05) is 31.5 Å². The number of nitrogens with zero attached hydrogens (tertiary/aromatic N) is 3. The van der Waals surface area contributed by atoms with Crippen LogP contribution in [0.25, 0.3) is 0 Å². The van der Waals surface area contributed by atoms with Gasteiger partial charge in [0.2, 0.25) is 0 Å². The summed E-state index contributed by atoms with van der Waals surface area (Å²) in [5.41, 5.74) is 0.878. The van der Waals surface area contributed by atoms with Crippen LogP contribution in [0, 0.1) is 0 Å². The maximum Gasteiger partial charge on any atom is 0.272 e. The van der Waals surface area contributed by atoms with E-state index in [2.05, 4.69) is 15.3 Å². The Labute approximate surface area is 148 Å². The molecule has 1 saturated heterocycles. The SMILES string of the molecule is CC.O=C(NC1CCN(C(=O)c2ccccn2)CC1)c1ccccn1. The summed E-state index contributed by atoms with van der Waals surface area (Å²) in [6.45, 7) is 5.23. The summed E-state index contributed by atoms with van der Waals surface area (Å²) in [5, 5.41) is 2.98. The highest BCUT2D eigenvalue weighted by atomic mass is 16.2. The summed E-state index contributed by atoms with van der Waals surface area (Å²) in [4.78, 5) is 34.3. The van der Waals surface area contributed by atoms with Crippen LogP contribution in [-0.2, 0) is 0 Å². The molecule has 2 amide bonds. The van der Waals surface area contributed by atoms with Crippen LogP contribution in [0.1, 0.15) is 47.7 Å². The molecule has 25 heavy (non-hydrogen) atoms. The van der Waals surface area contributed by atoms with Gasteiger partial charge in [-0.15, -0.1) is 0 Å². The van der Waals surface area contributed by atoms with Gasteiger partial charge in [0.25, 0.3) is 11.8 Å². The maximum absolute atomic E-state index is 12.3. The Morgan fingerprint density at radius 2 is 1.52 bits per heavy atom. The van der Waals surface area contributed by atoms with E-state index in [-0.39, 0.29) is 17.9 Å². The summed E-state index contributed by atoms with van der Waals surface area (Å²) in [5.74, 6) is -0.222. The molecule has 0 bridgehead atoms. The third-order valence-electron chi connectivity index (χ3n) is 3.90. The molecule has 1 fully saturated rings. The molecule has 0 radical (unpaired) electrons. The Kier molecular flexibility index (Phi) is 7.07. The van der Waals surface area contributed by atoms with Gasteiger partial charge >= 0.3 is 0 Å². The van der Waals surface area contributed by atoms with E-state index in [1.165, 1.54) is 0 Å². The zero-order valence-corrected chi connectivity index (χ0v) is 14.7. The Bertz CT molecular complexity index is 668. The quantitative estimate of drug-likeness (QED) is 0.932. The first-order valence-electron chi connectivity index (χ1n) is 8.66. The van der Waals surface area contributed by atoms with Crippen LogP contribution in [0.2, 0.25) is 0 Å². The van der Waals surface area contributed by atoms with Crippen molar-refractivity contribution in [1.29, 1.82) is 0 Å². The number of aromatic nitrogens is 2. The fourth-order valence-electron chi connectivity index (χ4n) is 2.63. The molecule has 2 aromatic heterocycles. The van der Waals surface area contributed by atoms with Crippen LogP contribution >= 0.6 is 0 Å². The van der Waals surface area contributed by atoms with Gasteiger partial charge in [0.05, 0.1) is 0 Å². The zero-order valence-electron chi connectivity index (χ0n) is 14.7. The van der Waals surface area contributed by atoms with Crippen LogP contribution in [0.15, 0.2) is 48.8 Å². The van der Waals surface area contributed by atoms with Gasteiger partial charge in [0.1, 0.15) is 11.4 Å². The first-order chi connectivity index (χ1) is 12.2. The Morgan fingerprint density at radius 1 is 0.960 bits per heavy atom. The second-order valence-electron chi connectivity index (χ2n) is 5.47. The van der Waals surface area contributed by atoms with Gasteiger partial charge in [-0.2, -0.15) is 0 Å². The number of likely N-dealkylation sites (tertiary alicyclic amines) is 1. The molecule has 0 spiro atoms. The topological polar surface area (TPSA) is 75.2 Å². The summed E-state index contributed by atoms with van der Waals surface area (Å²) >= 11 is 0. The summed E-state index contributed by atoms with van der Waals surface area (Å²) in [6.07, 6.45) is 4.68. The van der Waals surface area contributed by atoms with Gasteiger partial charge in [-0.1, -0.05) is 26.0 Å². The third kappa shape index (κ3) is 5.11. The van der Waals surface area contributed by atoms with E-state index in [9.17, 15) is 9.59 Å². The van der Waals surface area contributed by atoms with Crippen molar-refractivity contribution in [3.8, 4) is 0 Å². The molecule has 1 aliphatic heterocycles. The number of carbonyl (C=O) groups excluding carboxylic acids is 2. The Hall–Kier alpha value is -2.76. The minimum absolute atomic E-state index is 0.0555. The van der Waals surface area contributed by atoms with E-state index >= 15 is 0 Å². The zero-order chi connectivity index (χ0) is 18.1. The molecule has 3 heterocycles. The number of piperidine rings is 1. The largest absolute Gasteiger partial charge is 0.348 e. The van der Waals surface area contributed by atoms with Crippen LogP contribution in [0.5, 0.6) is 0 Å². The van der Waals surface area contributed by atoms with Crippen LogP contribution in [0.3, 0.4) is 0 Å². The molecule has 132 valence electrons. The predicted octanol–water partition coefficient (Wildman–Crippen LogP) is 2.54. The monoisotopic (exact) mass is 340 g/mol. The lowest BCUT2D eigenvalue weighted by atomic mass is 10.0. The average Bonchev–Trinajstić information content (AvgIpc) is 2.71. The van der Waals surface area contributed by atoms with Crippen molar-refractivity contribution in [2.24, 2.45) is 0 Å². The number of hydrogen-bond acceptors (Lipinski definition) is 4. The summed E-state index contributed by atoms with van der Waals surface area (Å²) in [6, 6.07) is 10.6. The van der Waals surface area contributed by atoms with Crippen LogP contribution in [-0.4, -0.2) is 45.8 Å². The van der Waals surface area contributed by atoms with Crippen LogP contribution in [0.4, 0.5) is 0 Å². The molecule has 0 aliphatic carbocycles. The maximum atomic E-state index is 12.3. The van der Waals surface area contributed by atoms with Crippen molar-refractivity contribution in [2.75, 3.05) is 13.1 Å². The van der Waals surface area contributed by atoms with Gasteiger partial charge < -0.3 is 10.2 Å². The van der Waals surface area contributed by atoms with Crippen molar-refractivity contribution < 1.29 is 9.59 Å². The van der Waals surface area contributed by atoms with E-state index in [1.54, 1.807) is 53.7 Å². The van der Waals surface area contributed by atoms with Crippen molar-refractivity contribution in [3.05, 3.63) is 60.2 Å². The summed E-state index contributed by atoms with van der Waals surface area (Å²) < 4.78 is 0. The molecule has 3 rings (SSSR count). The van der Waals surface area contributed by atoms with E-state index in [4.69, 9.17) is 0 Å². The smallest absolute Gasteiger partial charge is 0.272 e. The van der Waals surface area contributed by atoms with Crippen LogP contribution < -0.4 is 5.32 Å². The standard InChI is InChI=1S/C17H18N4O2.C2H6/c22-16(14-5-1-3-9-18-14)20-13-7-11-21(12-8-13)17(23)15-6-2-4-10-19-15;1-2/h1-6,9-10,13H,7-8,11-12H2,(H,20,22);1-2H3.